The largest absolute Gasteiger partial charge is 0.497 e. The third-order valence-corrected chi connectivity index (χ3v) is 8.44. The van der Waals surface area contributed by atoms with E-state index in [1.807, 2.05) is 18.2 Å². The van der Waals surface area contributed by atoms with E-state index >= 15 is 0 Å². The Balaban J connectivity index is 1.83. The highest BCUT2D eigenvalue weighted by Crippen LogP contribution is 2.34. The van der Waals surface area contributed by atoms with Gasteiger partial charge in [-0.1, -0.05) is 31.3 Å². The molecule has 0 bridgehead atoms. The molecule has 0 atom stereocenters. The van der Waals surface area contributed by atoms with Crippen molar-refractivity contribution < 1.29 is 22.7 Å². The summed E-state index contributed by atoms with van der Waals surface area (Å²) in [7, 11) is -0.518. The maximum atomic E-state index is 13.3. The summed E-state index contributed by atoms with van der Waals surface area (Å²) in [6, 6.07) is 11.8. The Kier molecular flexibility index (Phi) is 8.87. The van der Waals surface area contributed by atoms with Gasteiger partial charge in [0.25, 0.3) is 0 Å². The first-order chi connectivity index (χ1) is 16.3. The minimum Gasteiger partial charge on any atom is -0.497 e. The number of thiazole rings is 1. The Labute approximate surface area is 205 Å². The van der Waals surface area contributed by atoms with E-state index in [1.54, 1.807) is 24.1 Å². The quantitative estimate of drug-likeness (QED) is 0.369. The molecular formula is C24H31N3O5S2. The van der Waals surface area contributed by atoms with E-state index < -0.39 is 9.84 Å². The number of benzene rings is 2. The summed E-state index contributed by atoms with van der Waals surface area (Å²) >= 11 is 1.40. The molecule has 8 nitrogen and oxygen atoms in total. The zero-order valence-electron chi connectivity index (χ0n) is 20.0. The third kappa shape index (κ3) is 6.05. The summed E-state index contributed by atoms with van der Waals surface area (Å²) in [6.07, 6.45) is -0.139. The number of nitrogens with zero attached hydrogens (tertiary/aromatic N) is 3. The van der Waals surface area contributed by atoms with Crippen molar-refractivity contribution in [1.82, 2.24) is 9.88 Å². The van der Waals surface area contributed by atoms with Gasteiger partial charge in [-0.2, -0.15) is 0 Å². The molecule has 3 aromatic rings. The van der Waals surface area contributed by atoms with Crippen LogP contribution >= 0.6 is 11.3 Å². The number of sulfone groups is 1. The van der Waals surface area contributed by atoms with E-state index in [0.717, 1.165) is 17.8 Å². The summed E-state index contributed by atoms with van der Waals surface area (Å²) in [5.74, 6) is 0.651. The predicted molar refractivity (Wildman–Crippen MR) is 136 cm³/mol. The number of carbonyl (C=O) groups is 1. The second kappa shape index (κ2) is 11.6. The first-order valence-electron chi connectivity index (χ1n) is 11.2. The lowest BCUT2D eigenvalue weighted by Crippen LogP contribution is -2.39. The van der Waals surface area contributed by atoms with Crippen molar-refractivity contribution >= 4 is 42.4 Å². The maximum absolute atomic E-state index is 13.3. The van der Waals surface area contributed by atoms with Crippen LogP contribution in [0.1, 0.15) is 20.3 Å². The van der Waals surface area contributed by atoms with Crippen molar-refractivity contribution in [2.24, 2.45) is 0 Å². The van der Waals surface area contributed by atoms with Gasteiger partial charge < -0.3 is 14.4 Å². The predicted octanol–water partition coefficient (Wildman–Crippen LogP) is 3.85. The molecule has 34 heavy (non-hydrogen) atoms. The van der Waals surface area contributed by atoms with Gasteiger partial charge in [-0.25, -0.2) is 13.4 Å². The molecule has 0 spiro atoms. The Hall–Kier alpha value is -2.69. The van der Waals surface area contributed by atoms with Crippen LogP contribution in [0.5, 0.6) is 11.5 Å². The van der Waals surface area contributed by atoms with Crippen molar-refractivity contribution in [2.45, 2.75) is 25.2 Å². The number of hydrogen-bond donors (Lipinski definition) is 0. The molecule has 1 amide bonds. The van der Waals surface area contributed by atoms with Crippen LogP contribution in [0.2, 0.25) is 0 Å². The topological polar surface area (TPSA) is 89.0 Å². The number of carbonyl (C=O) groups excluding carboxylic acids is 1. The van der Waals surface area contributed by atoms with Crippen molar-refractivity contribution in [3.63, 3.8) is 0 Å². The second-order valence-corrected chi connectivity index (χ2v) is 10.7. The zero-order valence-corrected chi connectivity index (χ0v) is 21.6. The lowest BCUT2D eigenvalue weighted by atomic mass is 10.3. The second-order valence-electron chi connectivity index (χ2n) is 7.62. The van der Waals surface area contributed by atoms with Crippen molar-refractivity contribution in [1.29, 1.82) is 0 Å². The van der Waals surface area contributed by atoms with Crippen LogP contribution in [-0.2, 0) is 14.6 Å². The van der Waals surface area contributed by atoms with E-state index in [9.17, 15) is 13.2 Å². The molecule has 1 aromatic heterocycles. The molecule has 0 aliphatic heterocycles. The van der Waals surface area contributed by atoms with Crippen LogP contribution in [0.25, 0.3) is 10.2 Å². The minimum absolute atomic E-state index is 0.139. The molecule has 0 aliphatic rings. The molecule has 0 N–H and O–H groups in total. The summed E-state index contributed by atoms with van der Waals surface area (Å²) < 4.78 is 37.1. The van der Waals surface area contributed by atoms with Gasteiger partial charge in [0.15, 0.2) is 15.0 Å². The first kappa shape index (κ1) is 25.9. The van der Waals surface area contributed by atoms with E-state index in [0.29, 0.717) is 35.2 Å². The highest BCUT2D eigenvalue weighted by atomic mass is 32.2. The smallest absolute Gasteiger partial charge is 0.229 e. The summed E-state index contributed by atoms with van der Waals surface area (Å²) in [4.78, 5) is 22.0. The number of likely N-dealkylation sites (N-methyl/N-ethyl adjacent to an activating group) is 1. The number of anilines is 1. The Morgan fingerprint density at radius 3 is 2.32 bits per heavy atom. The van der Waals surface area contributed by atoms with Gasteiger partial charge in [-0.05, 0) is 49.5 Å². The summed E-state index contributed by atoms with van der Waals surface area (Å²) in [5, 5.41) is 0.540. The fourth-order valence-corrected chi connectivity index (χ4v) is 5.81. The molecule has 10 heteroatoms. The number of methoxy groups -OCH3 is 2. The minimum atomic E-state index is -3.62. The van der Waals surface area contributed by atoms with E-state index in [4.69, 9.17) is 9.47 Å². The fourth-order valence-electron chi connectivity index (χ4n) is 3.56. The molecule has 0 saturated carbocycles. The maximum Gasteiger partial charge on any atom is 0.229 e. The van der Waals surface area contributed by atoms with Crippen LogP contribution in [-0.4, -0.2) is 70.4 Å². The lowest BCUT2D eigenvalue weighted by Gasteiger charge is -2.24. The van der Waals surface area contributed by atoms with Crippen LogP contribution in [0, 0.1) is 0 Å². The van der Waals surface area contributed by atoms with Gasteiger partial charge >= 0.3 is 0 Å². The Bertz CT molecular complexity index is 1210. The monoisotopic (exact) mass is 505 g/mol. The molecule has 0 saturated heterocycles. The first-order valence-corrected chi connectivity index (χ1v) is 13.6. The van der Waals surface area contributed by atoms with Crippen LogP contribution in [0.15, 0.2) is 47.4 Å². The number of aromatic nitrogens is 1. The number of amides is 1. The van der Waals surface area contributed by atoms with E-state index in [-0.39, 0.29) is 23.0 Å². The molecule has 0 radical (unpaired) electrons. The highest BCUT2D eigenvalue weighted by Gasteiger charge is 2.24. The van der Waals surface area contributed by atoms with Crippen LogP contribution < -0.4 is 14.4 Å². The van der Waals surface area contributed by atoms with E-state index in [2.05, 4.69) is 23.7 Å². The third-order valence-electron chi connectivity index (χ3n) is 5.66. The highest BCUT2D eigenvalue weighted by molar-refractivity contribution is 7.91. The molecule has 2 aromatic carbocycles. The molecule has 0 fully saturated rings. The Morgan fingerprint density at radius 2 is 1.71 bits per heavy atom. The Morgan fingerprint density at radius 1 is 1.00 bits per heavy atom. The molecule has 1 heterocycles. The molecular weight excluding hydrogens is 474 g/mol. The number of rotatable bonds is 12. The molecule has 3 rings (SSSR count). The number of fused-ring (bicyclic) bond motifs is 1. The van der Waals surface area contributed by atoms with Gasteiger partial charge in [0, 0.05) is 19.5 Å². The van der Waals surface area contributed by atoms with Gasteiger partial charge in [-0.15, -0.1) is 0 Å². The summed E-state index contributed by atoms with van der Waals surface area (Å²) in [5.41, 5.74) is 0.691. The van der Waals surface area contributed by atoms with Crippen LogP contribution in [0.4, 0.5) is 5.13 Å². The normalized spacial score (nSPS) is 11.7. The number of para-hydroxylation sites is 1. The molecule has 184 valence electrons. The molecule has 0 unspecified atom stereocenters. The van der Waals surface area contributed by atoms with Gasteiger partial charge in [-0.3, -0.25) is 9.69 Å². The average molecular weight is 506 g/mol. The van der Waals surface area contributed by atoms with Crippen molar-refractivity contribution in [3.05, 3.63) is 42.5 Å². The van der Waals surface area contributed by atoms with Gasteiger partial charge in [0.1, 0.15) is 17.0 Å². The van der Waals surface area contributed by atoms with Gasteiger partial charge in [0.05, 0.1) is 29.6 Å². The van der Waals surface area contributed by atoms with E-state index in [1.165, 1.54) is 30.6 Å². The fraction of sp³-hybridized carbons (Fsp3) is 0.417. The number of ether oxygens (including phenoxy) is 2. The van der Waals surface area contributed by atoms with Crippen LogP contribution in [0.3, 0.4) is 0 Å². The average Bonchev–Trinajstić information content (AvgIpc) is 3.29. The SMILES string of the molecule is CCN(CC)CCN(C(=O)CCS(=O)(=O)c1ccc(OC)cc1)c1nc2c(OC)cccc2s1. The van der Waals surface area contributed by atoms with Crippen molar-refractivity contribution in [2.75, 3.05) is 51.1 Å². The standard InChI is InChI=1S/C24H31N3O5S2/c1-5-26(6-2)15-16-27(24-25-23-20(32-4)8-7-9-21(23)33-24)22(28)14-17-34(29,30)19-12-10-18(31-3)11-13-19/h7-13H,5-6,14-17H2,1-4H3. The number of hydrogen-bond acceptors (Lipinski definition) is 8. The zero-order chi connectivity index (χ0) is 24.7. The summed E-state index contributed by atoms with van der Waals surface area (Å²) in [6.45, 7) is 6.94. The van der Waals surface area contributed by atoms with Gasteiger partial charge in [0.2, 0.25) is 5.91 Å². The van der Waals surface area contributed by atoms with Crippen molar-refractivity contribution in [3.8, 4) is 11.5 Å². The lowest BCUT2D eigenvalue weighted by molar-refractivity contribution is -0.118. The molecule has 0 aliphatic carbocycles.